The lowest BCUT2D eigenvalue weighted by atomic mass is 10.1. The monoisotopic (exact) mass is 226 g/mol. The molecule has 0 aliphatic heterocycles. The summed E-state index contributed by atoms with van der Waals surface area (Å²) in [6, 6.07) is 9.59. The zero-order valence-corrected chi connectivity index (χ0v) is 9.41. The van der Waals surface area contributed by atoms with Crippen LogP contribution in [0.1, 0.15) is 12.5 Å². The molecule has 15 heavy (non-hydrogen) atoms. The summed E-state index contributed by atoms with van der Waals surface area (Å²) in [5, 5.41) is 0.814. The van der Waals surface area contributed by atoms with Crippen LogP contribution in [0.2, 0.25) is 0 Å². The first kappa shape index (κ1) is 11.9. The molecule has 3 nitrogen and oxygen atoms in total. The van der Waals surface area contributed by atoms with Crippen LogP contribution in [0, 0.1) is 0 Å². The zero-order valence-electron chi connectivity index (χ0n) is 8.59. The van der Waals surface area contributed by atoms with Crippen molar-refractivity contribution in [3.8, 4) is 0 Å². The van der Waals surface area contributed by atoms with Crippen LogP contribution in [0.15, 0.2) is 42.3 Å². The van der Waals surface area contributed by atoms with Crippen molar-refractivity contribution >= 4 is 10.1 Å². The lowest BCUT2D eigenvalue weighted by Crippen LogP contribution is -2.15. The van der Waals surface area contributed by atoms with Crippen molar-refractivity contribution in [3.63, 3.8) is 0 Å². The minimum atomic E-state index is -3.57. The van der Waals surface area contributed by atoms with Gasteiger partial charge in [-0.15, -0.1) is 0 Å². The molecule has 0 spiro atoms. The standard InChI is InChI=1S/C11H14O3S/c1-3-15(12,13)14-10(2)9-11-7-5-4-6-8-11/h3-8,10H,1,9H2,2H3. The maximum absolute atomic E-state index is 11.1. The second-order valence-corrected chi connectivity index (χ2v) is 4.77. The predicted octanol–water partition coefficient (Wildman–Crippen LogP) is 2.11. The summed E-state index contributed by atoms with van der Waals surface area (Å²) >= 11 is 0. The van der Waals surface area contributed by atoms with Crippen LogP contribution in [0.25, 0.3) is 0 Å². The van der Waals surface area contributed by atoms with Crippen LogP contribution < -0.4 is 0 Å². The molecular formula is C11H14O3S. The van der Waals surface area contributed by atoms with E-state index >= 15 is 0 Å². The highest BCUT2D eigenvalue weighted by atomic mass is 32.2. The van der Waals surface area contributed by atoms with Gasteiger partial charge in [0.05, 0.1) is 11.5 Å². The van der Waals surface area contributed by atoms with Crippen LogP contribution in [0.5, 0.6) is 0 Å². The molecule has 0 saturated carbocycles. The number of benzene rings is 1. The Hall–Kier alpha value is -1.13. The maximum Gasteiger partial charge on any atom is 0.289 e. The van der Waals surface area contributed by atoms with Crippen molar-refractivity contribution in [3.05, 3.63) is 47.9 Å². The van der Waals surface area contributed by atoms with Crippen molar-refractivity contribution in [1.29, 1.82) is 0 Å². The number of hydrogen-bond acceptors (Lipinski definition) is 3. The molecule has 0 aliphatic carbocycles. The van der Waals surface area contributed by atoms with Gasteiger partial charge in [0, 0.05) is 0 Å². The van der Waals surface area contributed by atoms with Gasteiger partial charge in [-0.25, -0.2) is 0 Å². The van der Waals surface area contributed by atoms with E-state index in [2.05, 4.69) is 6.58 Å². The summed E-state index contributed by atoms with van der Waals surface area (Å²) in [4.78, 5) is 0. The highest BCUT2D eigenvalue weighted by Gasteiger charge is 2.12. The van der Waals surface area contributed by atoms with Crippen molar-refractivity contribution in [2.24, 2.45) is 0 Å². The van der Waals surface area contributed by atoms with E-state index in [1.54, 1.807) is 6.92 Å². The van der Waals surface area contributed by atoms with Gasteiger partial charge in [-0.2, -0.15) is 8.42 Å². The molecule has 0 fully saturated rings. The predicted molar refractivity (Wildman–Crippen MR) is 59.8 cm³/mol. The third kappa shape index (κ3) is 4.27. The van der Waals surface area contributed by atoms with Crippen LogP contribution in [-0.2, 0) is 20.7 Å². The first-order chi connectivity index (χ1) is 7.03. The van der Waals surface area contributed by atoms with Crippen LogP contribution >= 0.6 is 0 Å². The molecule has 1 atom stereocenters. The fourth-order valence-electron chi connectivity index (χ4n) is 1.25. The number of hydrogen-bond donors (Lipinski definition) is 0. The van der Waals surface area contributed by atoms with Crippen molar-refractivity contribution < 1.29 is 12.6 Å². The van der Waals surface area contributed by atoms with E-state index in [4.69, 9.17) is 4.18 Å². The Bertz CT molecular complexity index is 409. The lowest BCUT2D eigenvalue weighted by Gasteiger charge is -2.10. The maximum atomic E-state index is 11.1. The number of rotatable bonds is 5. The average molecular weight is 226 g/mol. The molecule has 0 aromatic heterocycles. The van der Waals surface area contributed by atoms with Crippen molar-refractivity contribution in [2.45, 2.75) is 19.4 Å². The first-order valence-corrected chi connectivity index (χ1v) is 6.10. The molecule has 1 aromatic carbocycles. The van der Waals surface area contributed by atoms with Crippen molar-refractivity contribution in [2.75, 3.05) is 0 Å². The molecule has 0 N–H and O–H groups in total. The second-order valence-electron chi connectivity index (χ2n) is 3.26. The fourth-order valence-corrected chi connectivity index (χ4v) is 1.85. The topological polar surface area (TPSA) is 43.4 Å². The summed E-state index contributed by atoms with van der Waals surface area (Å²) in [5.41, 5.74) is 1.05. The summed E-state index contributed by atoms with van der Waals surface area (Å²) < 4.78 is 27.0. The van der Waals surface area contributed by atoms with E-state index in [1.807, 2.05) is 30.3 Å². The van der Waals surface area contributed by atoms with E-state index in [0.29, 0.717) is 6.42 Å². The van der Waals surface area contributed by atoms with Gasteiger partial charge in [0.1, 0.15) is 0 Å². The molecule has 1 rings (SSSR count). The summed E-state index contributed by atoms with van der Waals surface area (Å²) in [6.07, 6.45) is 0.184. The summed E-state index contributed by atoms with van der Waals surface area (Å²) in [7, 11) is -3.57. The largest absolute Gasteiger partial charge is 0.289 e. The molecule has 0 aliphatic rings. The van der Waals surface area contributed by atoms with Crippen LogP contribution in [0.4, 0.5) is 0 Å². The molecule has 1 unspecified atom stereocenters. The Balaban J connectivity index is 2.58. The third-order valence-corrected chi connectivity index (χ3v) is 2.87. The summed E-state index contributed by atoms with van der Waals surface area (Å²) in [6.45, 7) is 4.90. The lowest BCUT2D eigenvalue weighted by molar-refractivity contribution is 0.233. The van der Waals surface area contributed by atoms with Crippen LogP contribution in [-0.4, -0.2) is 14.5 Å². The Labute approximate surface area is 90.5 Å². The SMILES string of the molecule is C=CS(=O)(=O)OC(C)Cc1ccccc1. The Morgan fingerprint density at radius 3 is 2.53 bits per heavy atom. The quantitative estimate of drug-likeness (QED) is 0.722. The smallest absolute Gasteiger partial charge is 0.263 e. The molecule has 0 saturated heterocycles. The van der Waals surface area contributed by atoms with Gasteiger partial charge < -0.3 is 0 Å². The van der Waals surface area contributed by atoms with Gasteiger partial charge in [0.2, 0.25) is 0 Å². The van der Waals surface area contributed by atoms with Crippen molar-refractivity contribution in [1.82, 2.24) is 0 Å². The van der Waals surface area contributed by atoms with Gasteiger partial charge in [0.15, 0.2) is 0 Å². The Kier molecular flexibility index (Phi) is 4.05. The van der Waals surface area contributed by atoms with Gasteiger partial charge in [-0.3, -0.25) is 4.18 Å². The third-order valence-electron chi connectivity index (χ3n) is 1.87. The zero-order chi connectivity index (χ0) is 11.3. The molecule has 4 heteroatoms. The van der Waals surface area contributed by atoms with E-state index in [-0.39, 0.29) is 6.10 Å². The minimum absolute atomic E-state index is 0.379. The molecule has 0 heterocycles. The minimum Gasteiger partial charge on any atom is -0.263 e. The molecule has 0 amide bonds. The average Bonchev–Trinajstić information content (AvgIpc) is 2.18. The van der Waals surface area contributed by atoms with E-state index in [0.717, 1.165) is 11.0 Å². The molecular weight excluding hydrogens is 212 g/mol. The van der Waals surface area contributed by atoms with Gasteiger partial charge in [-0.05, 0) is 18.9 Å². The van der Waals surface area contributed by atoms with E-state index < -0.39 is 10.1 Å². The van der Waals surface area contributed by atoms with Crippen LogP contribution in [0.3, 0.4) is 0 Å². The van der Waals surface area contributed by atoms with E-state index in [9.17, 15) is 8.42 Å². The molecule has 1 aromatic rings. The Morgan fingerprint density at radius 2 is 2.00 bits per heavy atom. The Morgan fingerprint density at radius 1 is 1.40 bits per heavy atom. The highest BCUT2D eigenvalue weighted by Crippen LogP contribution is 2.08. The molecule has 82 valence electrons. The van der Waals surface area contributed by atoms with Gasteiger partial charge >= 0.3 is 0 Å². The highest BCUT2D eigenvalue weighted by molar-refractivity contribution is 7.89. The van der Waals surface area contributed by atoms with Gasteiger partial charge in [0.25, 0.3) is 10.1 Å². The van der Waals surface area contributed by atoms with E-state index in [1.165, 1.54) is 0 Å². The second kappa shape index (κ2) is 5.09. The molecule has 0 radical (unpaired) electrons. The van der Waals surface area contributed by atoms with Gasteiger partial charge in [-0.1, -0.05) is 36.9 Å². The summed E-state index contributed by atoms with van der Waals surface area (Å²) in [5.74, 6) is 0. The first-order valence-electron chi connectivity index (χ1n) is 4.63. The normalized spacial score (nSPS) is 13.4. The molecule has 0 bridgehead atoms. The fraction of sp³-hybridized carbons (Fsp3) is 0.273.